The quantitative estimate of drug-likeness (QED) is 0.658. The molecule has 0 radical (unpaired) electrons. The fourth-order valence-electron chi connectivity index (χ4n) is 3.34. The molecule has 0 bridgehead atoms. The van der Waals surface area contributed by atoms with E-state index in [1.807, 2.05) is 12.1 Å². The molecule has 1 atom stereocenters. The molecule has 25 heavy (non-hydrogen) atoms. The highest BCUT2D eigenvalue weighted by Crippen LogP contribution is 2.29. The van der Waals surface area contributed by atoms with E-state index >= 15 is 0 Å². The molecule has 2 aromatic rings. The second-order valence-corrected chi connectivity index (χ2v) is 7.41. The highest BCUT2D eigenvalue weighted by molar-refractivity contribution is 7.98. The number of ketones is 1. The molecule has 0 N–H and O–H groups in total. The Morgan fingerprint density at radius 3 is 2.52 bits per heavy atom. The average Bonchev–Trinajstić information content (AvgIpc) is 3.08. The molecule has 1 saturated heterocycles. The lowest BCUT2D eigenvalue weighted by Gasteiger charge is -2.26. The van der Waals surface area contributed by atoms with E-state index in [4.69, 9.17) is 4.74 Å². The van der Waals surface area contributed by atoms with Crippen molar-refractivity contribution in [2.24, 2.45) is 0 Å². The molecular weight excluding hydrogens is 330 g/mol. The molecule has 0 spiro atoms. The van der Waals surface area contributed by atoms with Gasteiger partial charge in [0.2, 0.25) is 0 Å². The van der Waals surface area contributed by atoms with Crippen molar-refractivity contribution in [2.45, 2.75) is 43.7 Å². The number of rotatable bonds is 7. The molecule has 0 aliphatic carbocycles. The maximum Gasteiger partial charge on any atom is 0.131 e. The molecule has 1 fully saturated rings. The van der Waals surface area contributed by atoms with Crippen molar-refractivity contribution in [3.8, 4) is 5.75 Å². The Kier molecular flexibility index (Phi) is 6.03. The average molecular weight is 356 g/mol. The SMILES string of the molecule is CSc1ccc(COc2ccc(N3CCCC3CC(C)=O)cc2)cc1. The maximum absolute atomic E-state index is 11.4. The van der Waals surface area contributed by atoms with E-state index < -0.39 is 0 Å². The van der Waals surface area contributed by atoms with E-state index in [0.717, 1.165) is 25.1 Å². The van der Waals surface area contributed by atoms with Crippen LogP contribution in [0.2, 0.25) is 0 Å². The largest absolute Gasteiger partial charge is 0.489 e. The minimum Gasteiger partial charge on any atom is -0.489 e. The number of carbonyl (C=O) groups is 1. The van der Waals surface area contributed by atoms with Crippen LogP contribution >= 0.6 is 11.8 Å². The summed E-state index contributed by atoms with van der Waals surface area (Å²) in [5, 5.41) is 0. The van der Waals surface area contributed by atoms with Gasteiger partial charge in [0.15, 0.2) is 0 Å². The Morgan fingerprint density at radius 1 is 1.16 bits per heavy atom. The van der Waals surface area contributed by atoms with Gasteiger partial charge in [-0.2, -0.15) is 0 Å². The zero-order chi connectivity index (χ0) is 17.6. The van der Waals surface area contributed by atoms with E-state index in [-0.39, 0.29) is 5.78 Å². The number of ether oxygens (including phenoxy) is 1. The van der Waals surface area contributed by atoms with Gasteiger partial charge in [-0.1, -0.05) is 12.1 Å². The number of carbonyl (C=O) groups excluding carboxylic acids is 1. The van der Waals surface area contributed by atoms with Gasteiger partial charge in [0.25, 0.3) is 0 Å². The molecule has 1 unspecified atom stereocenters. The van der Waals surface area contributed by atoms with Crippen LogP contribution in [-0.2, 0) is 11.4 Å². The summed E-state index contributed by atoms with van der Waals surface area (Å²) in [4.78, 5) is 15.1. The third-order valence-corrected chi connectivity index (χ3v) is 5.38. The van der Waals surface area contributed by atoms with E-state index in [2.05, 4.69) is 47.6 Å². The topological polar surface area (TPSA) is 29.5 Å². The number of Topliss-reactive ketones (excluding diaryl/α,β-unsaturated/α-hetero) is 1. The summed E-state index contributed by atoms with van der Waals surface area (Å²) >= 11 is 1.74. The molecule has 3 rings (SSSR count). The van der Waals surface area contributed by atoms with Gasteiger partial charge in [-0.3, -0.25) is 4.79 Å². The summed E-state index contributed by atoms with van der Waals surface area (Å²) in [7, 11) is 0. The highest BCUT2D eigenvalue weighted by Gasteiger charge is 2.25. The summed E-state index contributed by atoms with van der Waals surface area (Å²) in [6.07, 6.45) is 4.98. The van der Waals surface area contributed by atoms with Crippen molar-refractivity contribution >= 4 is 23.2 Å². The van der Waals surface area contributed by atoms with Gasteiger partial charge in [0.1, 0.15) is 18.1 Å². The Morgan fingerprint density at radius 2 is 1.88 bits per heavy atom. The van der Waals surface area contributed by atoms with Crippen molar-refractivity contribution in [1.82, 2.24) is 0 Å². The normalized spacial score (nSPS) is 16.9. The van der Waals surface area contributed by atoms with Crippen LogP contribution in [0.4, 0.5) is 5.69 Å². The summed E-state index contributed by atoms with van der Waals surface area (Å²) < 4.78 is 5.90. The summed E-state index contributed by atoms with van der Waals surface area (Å²) in [6.45, 7) is 3.28. The zero-order valence-corrected chi connectivity index (χ0v) is 15.7. The summed E-state index contributed by atoms with van der Waals surface area (Å²) in [6, 6.07) is 17.1. The first-order valence-corrected chi connectivity index (χ1v) is 10.00. The standard InChI is InChI=1S/C21H25NO2S/c1-16(23)14-19-4-3-13-22(19)18-7-9-20(10-8-18)24-15-17-5-11-21(25-2)12-6-17/h5-12,19H,3-4,13-15H2,1-2H3. The van der Waals surface area contributed by atoms with Crippen molar-refractivity contribution in [1.29, 1.82) is 0 Å². The fraction of sp³-hybridized carbons (Fsp3) is 0.381. The lowest BCUT2D eigenvalue weighted by Crippen LogP contribution is -2.30. The molecule has 132 valence electrons. The van der Waals surface area contributed by atoms with Crippen LogP contribution in [0, 0.1) is 0 Å². The molecule has 4 heteroatoms. The molecule has 1 aliphatic rings. The first-order chi connectivity index (χ1) is 12.2. The monoisotopic (exact) mass is 355 g/mol. The van der Waals surface area contributed by atoms with Gasteiger partial charge in [0, 0.05) is 29.6 Å². The summed E-state index contributed by atoms with van der Waals surface area (Å²) in [5.74, 6) is 1.14. The lowest BCUT2D eigenvalue weighted by atomic mass is 10.1. The molecule has 1 aliphatic heterocycles. The van der Waals surface area contributed by atoms with Crippen molar-refractivity contribution in [3.63, 3.8) is 0 Å². The van der Waals surface area contributed by atoms with Crippen LogP contribution in [0.1, 0.15) is 31.7 Å². The van der Waals surface area contributed by atoms with Gasteiger partial charge in [-0.05, 0) is 68.0 Å². The second-order valence-electron chi connectivity index (χ2n) is 6.53. The number of nitrogens with zero attached hydrogens (tertiary/aromatic N) is 1. The first kappa shape index (κ1) is 17.9. The van der Waals surface area contributed by atoms with Crippen molar-refractivity contribution in [2.75, 3.05) is 17.7 Å². The number of benzene rings is 2. The molecule has 0 aromatic heterocycles. The Balaban J connectivity index is 1.59. The third kappa shape index (κ3) is 4.79. The molecule has 3 nitrogen and oxygen atoms in total. The van der Waals surface area contributed by atoms with Gasteiger partial charge in [0.05, 0.1) is 0 Å². The van der Waals surface area contributed by atoms with Crippen molar-refractivity contribution in [3.05, 3.63) is 54.1 Å². The van der Waals surface area contributed by atoms with E-state index in [1.165, 1.54) is 16.1 Å². The number of thioether (sulfide) groups is 1. The molecule has 0 amide bonds. The Labute approximate surface area is 154 Å². The third-order valence-electron chi connectivity index (χ3n) is 4.63. The first-order valence-electron chi connectivity index (χ1n) is 8.77. The van der Waals surface area contributed by atoms with E-state index in [0.29, 0.717) is 19.1 Å². The van der Waals surface area contributed by atoms with Crippen LogP contribution in [0.15, 0.2) is 53.4 Å². The molecule has 2 aromatic carbocycles. The van der Waals surface area contributed by atoms with Gasteiger partial charge >= 0.3 is 0 Å². The predicted octanol–water partition coefficient (Wildman–Crippen LogP) is 4.94. The second kappa shape index (κ2) is 8.43. The summed E-state index contributed by atoms with van der Waals surface area (Å²) in [5.41, 5.74) is 2.35. The molecular formula is C21H25NO2S. The van der Waals surface area contributed by atoms with Gasteiger partial charge < -0.3 is 9.64 Å². The maximum atomic E-state index is 11.4. The van der Waals surface area contributed by atoms with Crippen molar-refractivity contribution < 1.29 is 9.53 Å². The number of hydrogen-bond acceptors (Lipinski definition) is 4. The van der Waals surface area contributed by atoms with E-state index in [1.54, 1.807) is 18.7 Å². The van der Waals surface area contributed by atoms with Gasteiger partial charge in [-0.15, -0.1) is 11.8 Å². The zero-order valence-electron chi connectivity index (χ0n) is 14.9. The number of hydrogen-bond donors (Lipinski definition) is 0. The van der Waals surface area contributed by atoms with Crippen LogP contribution in [0.3, 0.4) is 0 Å². The molecule has 0 saturated carbocycles. The minimum absolute atomic E-state index is 0.268. The Bertz CT molecular complexity index is 697. The minimum atomic E-state index is 0.268. The van der Waals surface area contributed by atoms with Gasteiger partial charge in [-0.25, -0.2) is 0 Å². The van der Waals surface area contributed by atoms with Crippen LogP contribution < -0.4 is 9.64 Å². The molecule has 1 heterocycles. The predicted molar refractivity (Wildman–Crippen MR) is 105 cm³/mol. The van der Waals surface area contributed by atoms with Crippen LogP contribution in [0.5, 0.6) is 5.75 Å². The number of anilines is 1. The van der Waals surface area contributed by atoms with E-state index in [9.17, 15) is 4.79 Å². The fourth-order valence-corrected chi connectivity index (χ4v) is 3.75. The smallest absolute Gasteiger partial charge is 0.131 e. The highest BCUT2D eigenvalue weighted by atomic mass is 32.2. The Hall–Kier alpha value is -1.94. The van der Waals surface area contributed by atoms with Crippen LogP contribution in [-0.4, -0.2) is 24.6 Å². The van der Waals surface area contributed by atoms with Crippen LogP contribution in [0.25, 0.3) is 0 Å². The lowest BCUT2D eigenvalue weighted by molar-refractivity contribution is -0.117.